The lowest BCUT2D eigenvalue weighted by Crippen LogP contribution is -2.28. The molecule has 4 heterocycles. The van der Waals surface area contributed by atoms with Crippen molar-refractivity contribution in [1.82, 2.24) is 25.0 Å². The quantitative estimate of drug-likeness (QED) is 0.480. The number of benzene rings is 1. The fourth-order valence-electron chi connectivity index (χ4n) is 4.21. The normalized spacial score (nSPS) is 13.6. The third-order valence-electron chi connectivity index (χ3n) is 5.76. The van der Waals surface area contributed by atoms with Gasteiger partial charge in [0.05, 0.1) is 18.0 Å². The summed E-state index contributed by atoms with van der Waals surface area (Å²) in [5, 5.41) is 10.2. The van der Waals surface area contributed by atoms with Gasteiger partial charge in [-0.05, 0) is 48.2 Å². The number of nitrogens with one attached hydrogen (secondary N) is 2. The maximum Gasteiger partial charge on any atom is 0.271 e. The number of amides is 1. The van der Waals surface area contributed by atoms with Crippen LogP contribution in [-0.4, -0.2) is 39.2 Å². The SMILES string of the molecule is CNC(=O)c1cnc2ccc(N3CCCc4cc(-c5c[nH][n+](C)c5)c(C(F)F)cc43)nn12. The summed E-state index contributed by atoms with van der Waals surface area (Å²) >= 11 is 0. The van der Waals surface area contributed by atoms with Crippen LogP contribution in [0.1, 0.15) is 34.5 Å². The largest absolute Gasteiger partial charge is 0.354 e. The second-order valence-electron chi connectivity index (χ2n) is 7.78. The zero-order valence-corrected chi connectivity index (χ0v) is 17.6. The van der Waals surface area contributed by atoms with Crippen LogP contribution in [0.3, 0.4) is 0 Å². The summed E-state index contributed by atoms with van der Waals surface area (Å²) in [4.78, 5) is 18.3. The Bertz CT molecular complexity index is 1330. The van der Waals surface area contributed by atoms with E-state index in [1.807, 2.05) is 18.0 Å². The van der Waals surface area contributed by atoms with Crippen LogP contribution < -0.4 is 14.9 Å². The molecule has 1 aliphatic rings. The number of aryl methyl sites for hydroxylation is 2. The standard InChI is InChI=1S/C22H21F2N7O/c1-25-22(32)18-11-26-19-5-6-20(28-31(18)19)30-7-3-4-13-8-15(14-10-27-29(2)12-14)16(21(23)24)9-17(13)30/h5-6,8-12,21H,3-4,7H2,1-2H3,(H,25,32)/p+1. The van der Waals surface area contributed by atoms with Crippen LogP contribution in [0.2, 0.25) is 0 Å². The number of alkyl halides is 2. The number of hydrogen-bond donors (Lipinski definition) is 2. The Kier molecular flexibility index (Phi) is 4.84. The lowest BCUT2D eigenvalue weighted by Gasteiger charge is -2.31. The molecule has 1 aliphatic heterocycles. The second kappa shape index (κ2) is 7.70. The molecule has 0 unspecified atom stereocenters. The maximum absolute atomic E-state index is 14.1. The second-order valence-corrected chi connectivity index (χ2v) is 7.78. The number of H-pyrrole nitrogens is 1. The van der Waals surface area contributed by atoms with Gasteiger partial charge in [-0.25, -0.2) is 18.3 Å². The summed E-state index contributed by atoms with van der Waals surface area (Å²) < 4.78 is 31.3. The molecule has 0 bridgehead atoms. The Hall–Kier alpha value is -3.82. The predicted octanol–water partition coefficient (Wildman–Crippen LogP) is 2.93. The van der Waals surface area contributed by atoms with Crippen LogP contribution in [-0.2, 0) is 13.5 Å². The van der Waals surface area contributed by atoms with Gasteiger partial charge in [-0.2, -0.15) is 5.10 Å². The molecular formula is C22H22F2N7O+. The van der Waals surface area contributed by atoms with E-state index in [1.54, 1.807) is 42.3 Å². The lowest BCUT2D eigenvalue weighted by molar-refractivity contribution is -0.726. The minimum Gasteiger partial charge on any atom is -0.354 e. The van der Waals surface area contributed by atoms with Crippen LogP contribution in [0.5, 0.6) is 0 Å². The zero-order chi connectivity index (χ0) is 22.4. The van der Waals surface area contributed by atoms with Crippen molar-refractivity contribution in [2.24, 2.45) is 7.05 Å². The first-order valence-corrected chi connectivity index (χ1v) is 10.3. The van der Waals surface area contributed by atoms with Gasteiger partial charge in [0.2, 0.25) is 6.20 Å². The Balaban J connectivity index is 1.63. The summed E-state index contributed by atoms with van der Waals surface area (Å²) in [6.07, 6.45) is 4.01. The number of hydrogen-bond acceptors (Lipinski definition) is 4. The summed E-state index contributed by atoms with van der Waals surface area (Å²) in [7, 11) is 3.36. The Labute approximate surface area is 182 Å². The molecule has 0 saturated carbocycles. The van der Waals surface area contributed by atoms with Gasteiger partial charge in [-0.1, -0.05) is 0 Å². The van der Waals surface area contributed by atoms with Crippen LogP contribution in [0.4, 0.5) is 20.3 Å². The number of imidazole rings is 1. The van der Waals surface area contributed by atoms with E-state index in [2.05, 4.69) is 20.5 Å². The number of anilines is 2. The first-order chi connectivity index (χ1) is 15.5. The molecule has 0 fully saturated rings. The molecule has 0 radical (unpaired) electrons. The number of carbonyl (C=O) groups is 1. The van der Waals surface area contributed by atoms with E-state index in [9.17, 15) is 13.6 Å². The molecule has 0 saturated heterocycles. The molecule has 2 N–H and O–H groups in total. The van der Waals surface area contributed by atoms with Crippen molar-refractivity contribution in [2.75, 3.05) is 18.5 Å². The number of nitrogens with zero attached hydrogens (tertiary/aromatic N) is 5. The molecule has 164 valence electrons. The number of aromatic amines is 1. The number of carbonyl (C=O) groups excluding carboxylic acids is 1. The van der Waals surface area contributed by atoms with Crippen molar-refractivity contribution >= 4 is 23.1 Å². The average Bonchev–Trinajstić information content (AvgIpc) is 3.43. The summed E-state index contributed by atoms with van der Waals surface area (Å²) in [6.45, 7) is 0.636. The smallest absolute Gasteiger partial charge is 0.271 e. The van der Waals surface area contributed by atoms with Gasteiger partial charge >= 0.3 is 0 Å². The highest BCUT2D eigenvalue weighted by Crippen LogP contribution is 2.40. The number of halogens is 2. The summed E-state index contributed by atoms with van der Waals surface area (Å²) in [6, 6.07) is 7.00. The molecule has 3 aromatic heterocycles. The first kappa shape index (κ1) is 20.1. The highest BCUT2D eigenvalue weighted by molar-refractivity contribution is 5.92. The monoisotopic (exact) mass is 438 g/mol. The molecule has 4 aromatic rings. The first-order valence-electron chi connectivity index (χ1n) is 10.3. The van der Waals surface area contributed by atoms with Gasteiger partial charge in [-0.15, -0.1) is 9.78 Å². The number of fused-ring (bicyclic) bond motifs is 2. The Morgan fingerprint density at radius 3 is 2.88 bits per heavy atom. The van der Waals surface area contributed by atoms with Gasteiger partial charge in [0.25, 0.3) is 12.3 Å². The molecule has 10 heteroatoms. The molecule has 0 aliphatic carbocycles. The van der Waals surface area contributed by atoms with E-state index in [-0.39, 0.29) is 11.5 Å². The maximum atomic E-state index is 14.1. The molecule has 0 spiro atoms. The van der Waals surface area contributed by atoms with Crippen molar-refractivity contribution in [3.63, 3.8) is 0 Å². The highest BCUT2D eigenvalue weighted by Gasteiger charge is 2.26. The average molecular weight is 438 g/mol. The molecule has 32 heavy (non-hydrogen) atoms. The van der Waals surface area contributed by atoms with E-state index >= 15 is 0 Å². The zero-order valence-electron chi connectivity index (χ0n) is 17.6. The van der Waals surface area contributed by atoms with Crippen molar-refractivity contribution in [3.05, 3.63) is 59.7 Å². The molecule has 1 amide bonds. The van der Waals surface area contributed by atoms with Crippen molar-refractivity contribution in [2.45, 2.75) is 19.3 Å². The van der Waals surface area contributed by atoms with Crippen molar-refractivity contribution in [3.8, 4) is 11.1 Å². The van der Waals surface area contributed by atoms with E-state index in [0.717, 1.165) is 24.0 Å². The van der Waals surface area contributed by atoms with Crippen molar-refractivity contribution in [1.29, 1.82) is 0 Å². The number of aromatic nitrogens is 5. The highest BCUT2D eigenvalue weighted by atomic mass is 19.3. The van der Waals surface area contributed by atoms with Gasteiger partial charge in [0, 0.05) is 24.8 Å². The molecule has 1 aromatic carbocycles. The molecule has 8 nitrogen and oxygen atoms in total. The van der Waals surface area contributed by atoms with Crippen LogP contribution in [0.15, 0.2) is 42.9 Å². The van der Waals surface area contributed by atoms with Gasteiger partial charge < -0.3 is 10.2 Å². The molecule has 0 atom stereocenters. The Morgan fingerprint density at radius 1 is 1.31 bits per heavy atom. The number of rotatable bonds is 4. The van der Waals surface area contributed by atoms with E-state index in [0.29, 0.717) is 35.0 Å². The molecule has 5 rings (SSSR count). The minimum atomic E-state index is -2.62. The third-order valence-corrected chi connectivity index (χ3v) is 5.76. The Morgan fingerprint density at radius 2 is 2.16 bits per heavy atom. The van der Waals surface area contributed by atoms with E-state index < -0.39 is 6.43 Å². The third kappa shape index (κ3) is 3.28. The van der Waals surface area contributed by atoms with E-state index in [1.165, 1.54) is 10.7 Å². The van der Waals surface area contributed by atoms with Gasteiger partial charge in [-0.3, -0.25) is 4.79 Å². The fourth-order valence-corrected chi connectivity index (χ4v) is 4.21. The van der Waals surface area contributed by atoms with Crippen LogP contribution in [0, 0.1) is 0 Å². The molecular weight excluding hydrogens is 416 g/mol. The fraction of sp³-hybridized carbons (Fsp3) is 0.273. The van der Waals surface area contributed by atoms with Crippen molar-refractivity contribution < 1.29 is 18.3 Å². The minimum absolute atomic E-state index is 0.0231. The predicted molar refractivity (Wildman–Crippen MR) is 114 cm³/mol. The van der Waals surface area contributed by atoms with E-state index in [4.69, 9.17) is 0 Å². The van der Waals surface area contributed by atoms with Crippen LogP contribution >= 0.6 is 0 Å². The summed E-state index contributed by atoms with van der Waals surface area (Å²) in [5.41, 5.74) is 3.76. The topological polar surface area (TPSA) is 82.2 Å². The lowest BCUT2D eigenvalue weighted by atomic mass is 9.93. The summed E-state index contributed by atoms with van der Waals surface area (Å²) in [5.74, 6) is 0.271. The van der Waals surface area contributed by atoms with Crippen LogP contribution in [0.25, 0.3) is 16.8 Å². The van der Waals surface area contributed by atoms with Gasteiger partial charge in [0.1, 0.15) is 0 Å². The van der Waals surface area contributed by atoms with Gasteiger partial charge in [0.15, 0.2) is 24.2 Å².